The van der Waals surface area contributed by atoms with Crippen LogP contribution in [0.15, 0.2) is 65.8 Å². The molecular weight excluding hydrogens is 453 g/mol. The standard InChI is InChI=1S/C24H16FN7OS/c25-15-2-1-3-16(11-15)32-23-17(12-28-32)22(31-24(33)19-6-7-20(26)34-19)29-21(30-23)14-5-4-13-8-9-27-18(13)10-14/h1-7,9-12H,8,26H2,(H,29,30,31,33). The molecule has 2 aromatic carbocycles. The summed E-state index contributed by atoms with van der Waals surface area (Å²) < 4.78 is 15.4. The first kappa shape index (κ1) is 20.2. The van der Waals surface area contributed by atoms with Crippen molar-refractivity contribution in [2.45, 2.75) is 6.42 Å². The van der Waals surface area contributed by atoms with E-state index in [9.17, 15) is 9.18 Å². The minimum atomic E-state index is -0.393. The van der Waals surface area contributed by atoms with Crippen LogP contribution in [0.1, 0.15) is 15.2 Å². The molecule has 0 radical (unpaired) electrons. The lowest BCUT2D eigenvalue weighted by Crippen LogP contribution is -2.12. The molecule has 34 heavy (non-hydrogen) atoms. The number of carbonyl (C=O) groups excluding carboxylic acids is 1. The van der Waals surface area contributed by atoms with E-state index < -0.39 is 5.82 Å². The number of thiophene rings is 1. The SMILES string of the molecule is Nc1ccc(C(=O)Nc2nc(-c3ccc4c(c3)N=CC4)nc3c2cnn3-c2cccc(F)c2)s1. The van der Waals surface area contributed by atoms with Gasteiger partial charge in [0.25, 0.3) is 5.91 Å². The van der Waals surface area contributed by atoms with Crippen LogP contribution in [0, 0.1) is 5.82 Å². The van der Waals surface area contributed by atoms with Crippen molar-refractivity contribution >= 4 is 51.0 Å². The number of hydrogen-bond donors (Lipinski definition) is 2. The largest absolute Gasteiger partial charge is 0.391 e. The fourth-order valence-corrected chi connectivity index (χ4v) is 4.48. The molecule has 0 unspecified atom stereocenters. The van der Waals surface area contributed by atoms with Gasteiger partial charge in [-0.2, -0.15) is 5.10 Å². The maximum absolute atomic E-state index is 13.9. The molecule has 3 aromatic heterocycles. The highest BCUT2D eigenvalue weighted by Gasteiger charge is 2.19. The molecular formula is C24H16FN7OS. The van der Waals surface area contributed by atoms with Crippen molar-refractivity contribution in [3.63, 3.8) is 0 Å². The molecule has 166 valence electrons. The molecule has 8 nitrogen and oxygen atoms in total. The fourth-order valence-electron chi connectivity index (χ4n) is 3.81. The summed E-state index contributed by atoms with van der Waals surface area (Å²) in [5, 5.41) is 8.32. The third-order valence-corrected chi connectivity index (χ3v) is 6.36. The molecule has 10 heteroatoms. The monoisotopic (exact) mass is 469 g/mol. The molecule has 0 saturated carbocycles. The van der Waals surface area contributed by atoms with Gasteiger partial charge in [0.1, 0.15) is 11.6 Å². The molecule has 0 bridgehead atoms. The smallest absolute Gasteiger partial charge is 0.266 e. The number of nitrogens with two attached hydrogens (primary N) is 1. The summed E-state index contributed by atoms with van der Waals surface area (Å²) >= 11 is 1.18. The van der Waals surface area contributed by atoms with Gasteiger partial charge in [-0.15, -0.1) is 11.3 Å². The minimum Gasteiger partial charge on any atom is -0.391 e. The number of anilines is 2. The van der Waals surface area contributed by atoms with Crippen LogP contribution in [-0.2, 0) is 6.42 Å². The Morgan fingerprint density at radius 1 is 1.12 bits per heavy atom. The van der Waals surface area contributed by atoms with Crippen molar-refractivity contribution in [1.82, 2.24) is 19.7 Å². The van der Waals surface area contributed by atoms with Crippen LogP contribution < -0.4 is 11.1 Å². The lowest BCUT2D eigenvalue weighted by Gasteiger charge is -2.10. The highest BCUT2D eigenvalue weighted by molar-refractivity contribution is 7.17. The number of hydrogen-bond acceptors (Lipinski definition) is 7. The number of nitrogen functional groups attached to an aromatic ring is 1. The molecule has 1 aliphatic rings. The molecule has 0 aliphatic carbocycles. The molecule has 5 aromatic rings. The van der Waals surface area contributed by atoms with Gasteiger partial charge in [-0.1, -0.05) is 18.2 Å². The van der Waals surface area contributed by atoms with Crippen molar-refractivity contribution in [3.8, 4) is 17.1 Å². The average molecular weight is 470 g/mol. The van der Waals surface area contributed by atoms with Crippen LogP contribution in [0.25, 0.3) is 28.1 Å². The van der Waals surface area contributed by atoms with Crippen LogP contribution >= 0.6 is 11.3 Å². The summed E-state index contributed by atoms with van der Waals surface area (Å²) in [6.45, 7) is 0. The molecule has 0 atom stereocenters. The summed E-state index contributed by atoms with van der Waals surface area (Å²) in [5.41, 5.74) is 9.44. The highest BCUT2D eigenvalue weighted by atomic mass is 32.1. The molecule has 6 rings (SSSR count). The topological polar surface area (TPSA) is 111 Å². The van der Waals surface area contributed by atoms with Crippen LogP contribution in [0.2, 0.25) is 0 Å². The van der Waals surface area contributed by atoms with Crippen molar-refractivity contribution in [3.05, 3.63) is 77.1 Å². The molecule has 0 saturated heterocycles. The number of benzene rings is 2. The van der Waals surface area contributed by atoms with Gasteiger partial charge in [0.05, 0.1) is 32.8 Å². The maximum atomic E-state index is 13.9. The first-order valence-corrected chi connectivity index (χ1v) is 11.2. The first-order valence-electron chi connectivity index (χ1n) is 10.4. The van der Waals surface area contributed by atoms with Crippen molar-refractivity contribution < 1.29 is 9.18 Å². The van der Waals surface area contributed by atoms with E-state index in [0.29, 0.717) is 38.2 Å². The third kappa shape index (κ3) is 3.50. The van der Waals surface area contributed by atoms with E-state index in [1.807, 2.05) is 24.4 Å². The Hall–Kier alpha value is -4.44. The van der Waals surface area contributed by atoms with Crippen molar-refractivity contribution in [2.75, 3.05) is 11.1 Å². The zero-order chi connectivity index (χ0) is 23.2. The van der Waals surface area contributed by atoms with Gasteiger partial charge in [-0.25, -0.2) is 19.0 Å². The minimum absolute atomic E-state index is 0.295. The summed E-state index contributed by atoms with van der Waals surface area (Å²) in [4.78, 5) is 27.1. The lowest BCUT2D eigenvalue weighted by molar-refractivity contribution is 0.103. The predicted octanol–water partition coefficient (Wildman–Crippen LogP) is 4.78. The molecule has 3 N–H and O–H groups in total. The van der Waals surface area contributed by atoms with Gasteiger partial charge in [-0.05, 0) is 42.0 Å². The van der Waals surface area contributed by atoms with E-state index in [4.69, 9.17) is 10.7 Å². The average Bonchev–Trinajstić information content (AvgIpc) is 3.57. The van der Waals surface area contributed by atoms with Crippen LogP contribution in [0.4, 0.5) is 20.9 Å². The number of nitrogens with zero attached hydrogens (tertiary/aromatic N) is 5. The Kier molecular flexibility index (Phi) is 4.66. The van der Waals surface area contributed by atoms with E-state index in [0.717, 1.165) is 23.2 Å². The Balaban J connectivity index is 1.52. The number of fused-ring (bicyclic) bond motifs is 2. The Labute approximate surface area is 196 Å². The summed E-state index contributed by atoms with van der Waals surface area (Å²) in [5.74, 6) is -0.0550. The van der Waals surface area contributed by atoms with Gasteiger partial charge in [0.15, 0.2) is 11.5 Å². The van der Waals surface area contributed by atoms with E-state index in [-0.39, 0.29) is 5.91 Å². The van der Waals surface area contributed by atoms with Gasteiger partial charge >= 0.3 is 0 Å². The van der Waals surface area contributed by atoms with Gasteiger partial charge in [0, 0.05) is 18.2 Å². The van der Waals surface area contributed by atoms with E-state index in [1.54, 1.807) is 30.5 Å². The number of amides is 1. The quantitative estimate of drug-likeness (QED) is 0.394. The van der Waals surface area contributed by atoms with Crippen molar-refractivity contribution in [2.24, 2.45) is 4.99 Å². The van der Waals surface area contributed by atoms with Gasteiger partial charge < -0.3 is 11.1 Å². The van der Waals surface area contributed by atoms with E-state index in [2.05, 4.69) is 20.4 Å². The predicted molar refractivity (Wildman–Crippen MR) is 131 cm³/mol. The number of carbonyl (C=O) groups is 1. The van der Waals surface area contributed by atoms with Gasteiger partial charge in [0.2, 0.25) is 0 Å². The zero-order valence-electron chi connectivity index (χ0n) is 17.6. The van der Waals surface area contributed by atoms with E-state index >= 15 is 0 Å². The zero-order valence-corrected chi connectivity index (χ0v) is 18.4. The van der Waals surface area contributed by atoms with E-state index in [1.165, 1.54) is 28.2 Å². The second-order valence-corrected chi connectivity index (χ2v) is 8.80. The molecule has 0 fully saturated rings. The summed E-state index contributed by atoms with van der Waals surface area (Å²) in [6.07, 6.45) is 4.19. The van der Waals surface area contributed by atoms with Crippen LogP contribution in [0.5, 0.6) is 0 Å². The molecule has 4 heterocycles. The highest BCUT2D eigenvalue weighted by Crippen LogP contribution is 2.32. The summed E-state index contributed by atoms with van der Waals surface area (Å²) in [7, 11) is 0. The Morgan fingerprint density at radius 3 is 2.85 bits per heavy atom. The fraction of sp³-hybridized carbons (Fsp3) is 0.0417. The molecule has 1 amide bonds. The molecule has 0 spiro atoms. The maximum Gasteiger partial charge on any atom is 0.266 e. The number of aromatic nitrogens is 4. The third-order valence-electron chi connectivity index (χ3n) is 5.45. The number of halogens is 1. The second kappa shape index (κ2) is 7.85. The lowest BCUT2D eigenvalue weighted by atomic mass is 10.1. The van der Waals surface area contributed by atoms with Crippen LogP contribution in [0.3, 0.4) is 0 Å². The Morgan fingerprint density at radius 2 is 2.03 bits per heavy atom. The van der Waals surface area contributed by atoms with Gasteiger partial charge in [-0.3, -0.25) is 9.79 Å². The second-order valence-electron chi connectivity index (χ2n) is 7.68. The number of aliphatic imine (C=N–C) groups is 1. The summed E-state index contributed by atoms with van der Waals surface area (Å²) in [6, 6.07) is 15.2. The van der Waals surface area contributed by atoms with Crippen molar-refractivity contribution in [1.29, 1.82) is 0 Å². The number of nitrogens with one attached hydrogen (secondary N) is 1. The molecule has 1 aliphatic heterocycles. The normalized spacial score (nSPS) is 12.3. The Bertz CT molecular complexity index is 1620. The van der Waals surface area contributed by atoms with Crippen LogP contribution in [-0.4, -0.2) is 31.9 Å². The number of rotatable bonds is 4. The first-order chi connectivity index (χ1) is 16.5.